The summed E-state index contributed by atoms with van der Waals surface area (Å²) in [5, 5.41) is 8.68. The molecular formula is C21H25N5O4. The van der Waals surface area contributed by atoms with Gasteiger partial charge in [-0.1, -0.05) is 18.7 Å². The standard InChI is InChI=1S/C21H25N5O4/c1-13-6-7-21(2,19(29)24-13)26-17(27)15-5-3-4-14(16(15)18(26)28)12-23-20(30)25-10-8-22-9-11-25/h3-5,22H,1,6-12H2,2H3,(H,23,30)(H,24,29). The zero-order valence-electron chi connectivity index (χ0n) is 16.9. The van der Waals surface area contributed by atoms with Gasteiger partial charge in [-0.05, 0) is 31.4 Å². The molecule has 2 fully saturated rings. The van der Waals surface area contributed by atoms with Gasteiger partial charge >= 0.3 is 6.03 Å². The lowest BCUT2D eigenvalue weighted by molar-refractivity contribution is -0.131. The molecule has 0 aromatic heterocycles. The number of nitrogens with zero attached hydrogens (tertiary/aromatic N) is 2. The van der Waals surface area contributed by atoms with Crippen LogP contribution in [0.1, 0.15) is 46.0 Å². The number of piperidine rings is 1. The van der Waals surface area contributed by atoms with Crippen molar-refractivity contribution in [3.8, 4) is 0 Å². The third kappa shape index (κ3) is 3.24. The Morgan fingerprint density at radius 1 is 1.20 bits per heavy atom. The van der Waals surface area contributed by atoms with Gasteiger partial charge in [-0.15, -0.1) is 0 Å². The Balaban J connectivity index is 1.56. The molecule has 0 saturated carbocycles. The molecule has 2 saturated heterocycles. The van der Waals surface area contributed by atoms with Crippen molar-refractivity contribution in [3.63, 3.8) is 0 Å². The van der Waals surface area contributed by atoms with Gasteiger partial charge in [0.25, 0.3) is 11.8 Å². The van der Waals surface area contributed by atoms with Crippen LogP contribution in [0.3, 0.4) is 0 Å². The van der Waals surface area contributed by atoms with Gasteiger partial charge in [0.05, 0.1) is 11.1 Å². The van der Waals surface area contributed by atoms with Crippen molar-refractivity contribution in [1.29, 1.82) is 0 Å². The maximum Gasteiger partial charge on any atom is 0.317 e. The van der Waals surface area contributed by atoms with Crippen molar-refractivity contribution in [3.05, 3.63) is 47.2 Å². The Bertz CT molecular complexity index is 953. The lowest BCUT2D eigenvalue weighted by Gasteiger charge is -2.39. The van der Waals surface area contributed by atoms with Gasteiger partial charge in [-0.25, -0.2) is 4.79 Å². The highest BCUT2D eigenvalue weighted by molar-refractivity contribution is 6.24. The van der Waals surface area contributed by atoms with E-state index in [1.807, 2.05) is 0 Å². The van der Waals surface area contributed by atoms with Crippen LogP contribution in [-0.2, 0) is 11.3 Å². The van der Waals surface area contributed by atoms with Crippen LogP contribution in [0.5, 0.6) is 0 Å². The van der Waals surface area contributed by atoms with Crippen LogP contribution >= 0.6 is 0 Å². The molecule has 1 aromatic rings. The molecule has 3 N–H and O–H groups in total. The van der Waals surface area contributed by atoms with Crippen LogP contribution in [0.2, 0.25) is 0 Å². The number of rotatable bonds is 3. The fourth-order valence-corrected chi connectivity index (χ4v) is 4.18. The number of carbonyl (C=O) groups excluding carboxylic acids is 4. The van der Waals surface area contributed by atoms with E-state index in [4.69, 9.17) is 0 Å². The Labute approximate surface area is 174 Å². The SMILES string of the molecule is C=C1CCC(C)(N2C(=O)c3cccc(CNC(=O)N4CCNCC4)c3C2=O)C(=O)N1. The molecule has 0 bridgehead atoms. The molecule has 1 atom stereocenters. The smallest absolute Gasteiger partial charge is 0.317 e. The fourth-order valence-electron chi connectivity index (χ4n) is 4.18. The number of amides is 5. The third-order valence-electron chi connectivity index (χ3n) is 6.02. The van der Waals surface area contributed by atoms with E-state index < -0.39 is 23.3 Å². The maximum absolute atomic E-state index is 13.3. The number of urea groups is 1. The van der Waals surface area contributed by atoms with Crippen LogP contribution in [0.25, 0.3) is 0 Å². The molecular weight excluding hydrogens is 386 g/mol. The van der Waals surface area contributed by atoms with Gasteiger partial charge in [0.1, 0.15) is 5.54 Å². The highest BCUT2D eigenvalue weighted by Gasteiger charge is 2.52. The molecule has 9 nitrogen and oxygen atoms in total. The molecule has 5 amide bonds. The zero-order chi connectivity index (χ0) is 21.5. The van der Waals surface area contributed by atoms with E-state index in [9.17, 15) is 19.2 Å². The lowest BCUT2D eigenvalue weighted by Crippen LogP contribution is -2.61. The van der Waals surface area contributed by atoms with Crippen LogP contribution < -0.4 is 16.0 Å². The van der Waals surface area contributed by atoms with Crippen molar-refractivity contribution in [2.24, 2.45) is 0 Å². The molecule has 0 aliphatic carbocycles. The molecule has 3 aliphatic heterocycles. The van der Waals surface area contributed by atoms with Gasteiger partial charge in [-0.2, -0.15) is 0 Å². The van der Waals surface area contributed by atoms with E-state index >= 15 is 0 Å². The van der Waals surface area contributed by atoms with Crippen LogP contribution in [0.4, 0.5) is 4.79 Å². The molecule has 1 unspecified atom stereocenters. The van der Waals surface area contributed by atoms with E-state index in [0.29, 0.717) is 37.2 Å². The van der Waals surface area contributed by atoms with Crippen LogP contribution in [0, 0.1) is 0 Å². The highest BCUT2D eigenvalue weighted by atomic mass is 16.2. The van der Waals surface area contributed by atoms with E-state index in [-0.39, 0.29) is 23.7 Å². The number of hydrogen-bond acceptors (Lipinski definition) is 5. The van der Waals surface area contributed by atoms with E-state index in [0.717, 1.165) is 18.0 Å². The molecule has 3 heterocycles. The molecule has 30 heavy (non-hydrogen) atoms. The van der Waals surface area contributed by atoms with Crippen molar-refractivity contribution >= 4 is 23.8 Å². The predicted octanol–water partition coefficient (Wildman–Crippen LogP) is 0.580. The van der Waals surface area contributed by atoms with Crippen molar-refractivity contribution in [1.82, 2.24) is 25.8 Å². The molecule has 4 rings (SSSR count). The summed E-state index contributed by atoms with van der Waals surface area (Å²) in [4.78, 5) is 54.2. The summed E-state index contributed by atoms with van der Waals surface area (Å²) in [7, 11) is 0. The van der Waals surface area contributed by atoms with Crippen LogP contribution in [0.15, 0.2) is 30.5 Å². The Kier molecular flexibility index (Phi) is 5.07. The van der Waals surface area contributed by atoms with E-state index in [2.05, 4.69) is 22.5 Å². The number of piperazine rings is 1. The third-order valence-corrected chi connectivity index (χ3v) is 6.02. The summed E-state index contributed by atoms with van der Waals surface area (Å²) in [6.45, 7) is 8.19. The van der Waals surface area contributed by atoms with E-state index in [1.165, 1.54) is 0 Å². The van der Waals surface area contributed by atoms with Gasteiger partial charge in [0.15, 0.2) is 0 Å². The monoisotopic (exact) mass is 411 g/mol. The summed E-state index contributed by atoms with van der Waals surface area (Å²) >= 11 is 0. The lowest BCUT2D eigenvalue weighted by atomic mass is 9.88. The second-order valence-corrected chi connectivity index (χ2v) is 8.01. The summed E-state index contributed by atoms with van der Waals surface area (Å²) in [5.41, 5.74) is 0.357. The molecule has 0 radical (unpaired) electrons. The first-order valence-electron chi connectivity index (χ1n) is 10.1. The number of benzene rings is 1. The number of fused-ring (bicyclic) bond motifs is 1. The largest absolute Gasteiger partial charge is 0.334 e. The molecule has 9 heteroatoms. The molecule has 1 aromatic carbocycles. The minimum atomic E-state index is -1.28. The molecule has 3 aliphatic rings. The van der Waals surface area contributed by atoms with Crippen molar-refractivity contribution in [2.45, 2.75) is 31.8 Å². The summed E-state index contributed by atoms with van der Waals surface area (Å²) in [6.07, 6.45) is 0.807. The number of carbonyl (C=O) groups is 4. The highest BCUT2D eigenvalue weighted by Crippen LogP contribution is 2.36. The predicted molar refractivity (Wildman–Crippen MR) is 109 cm³/mol. The number of imide groups is 1. The number of allylic oxidation sites excluding steroid dienone is 1. The maximum atomic E-state index is 13.3. The first kappa shape index (κ1) is 20.1. The summed E-state index contributed by atoms with van der Waals surface area (Å²) in [5.74, 6) is -1.41. The Hall–Kier alpha value is -3.20. The second kappa shape index (κ2) is 7.56. The van der Waals surface area contributed by atoms with Gasteiger partial charge in [0, 0.05) is 38.4 Å². The van der Waals surface area contributed by atoms with Gasteiger partial charge in [0.2, 0.25) is 5.91 Å². The zero-order valence-corrected chi connectivity index (χ0v) is 16.9. The minimum absolute atomic E-state index is 0.124. The van der Waals surface area contributed by atoms with Crippen LogP contribution in [-0.4, -0.2) is 65.3 Å². The summed E-state index contributed by atoms with van der Waals surface area (Å²) in [6, 6.07) is 4.78. The normalized spacial score (nSPS) is 24.0. The Morgan fingerprint density at radius 3 is 2.63 bits per heavy atom. The van der Waals surface area contributed by atoms with Gasteiger partial charge in [-0.3, -0.25) is 19.3 Å². The molecule has 158 valence electrons. The first-order chi connectivity index (χ1) is 14.3. The Morgan fingerprint density at radius 2 is 1.93 bits per heavy atom. The van der Waals surface area contributed by atoms with Crippen molar-refractivity contribution < 1.29 is 19.2 Å². The topological polar surface area (TPSA) is 111 Å². The summed E-state index contributed by atoms with van der Waals surface area (Å²) < 4.78 is 0. The molecule has 0 spiro atoms. The number of hydrogen-bond donors (Lipinski definition) is 3. The van der Waals surface area contributed by atoms with E-state index in [1.54, 1.807) is 30.0 Å². The average molecular weight is 411 g/mol. The van der Waals surface area contributed by atoms with Gasteiger partial charge < -0.3 is 20.9 Å². The number of nitrogens with one attached hydrogen (secondary N) is 3. The quantitative estimate of drug-likeness (QED) is 0.630. The van der Waals surface area contributed by atoms with Crippen molar-refractivity contribution in [2.75, 3.05) is 26.2 Å². The second-order valence-electron chi connectivity index (χ2n) is 8.01. The fraction of sp³-hybridized carbons (Fsp3) is 0.429. The first-order valence-corrected chi connectivity index (χ1v) is 10.1. The minimum Gasteiger partial charge on any atom is -0.334 e. The average Bonchev–Trinajstić information content (AvgIpc) is 3.01.